The lowest BCUT2D eigenvalue weighted by Crippen LogP contribution is -2.27. The van der Waals surface area contributed by atoms with E-state index in [9.17, 15) is 0 Å². The second-order valence-corrected chi connectivity index (χ2v) is 25.5. The molecule has 0 N–H and O–H groups in total. The highest BCUT2D eigenvalue weighted by molar-refractivity contribution is 6.10. The number of anilines is 4. The summed E-state index contributed by atoms with van der Waals surface area (Å²) in [4.78, 5) is 10.1. The van der Waals surface area contributed by atoms with Crippen molar-refractivity contribution in [3.63, 3.8) is 0 Å². The van der Waals surface area contributed by atoms with Gasteiger partial charge in [-0.1, -0.05) is 199 Å². The highest BCUT2D eigenvalue weighted by Gasteiger charge is 2.35. The first-order valence-corrected chi connectivity index (χ1v) is 27.4. The molecule has 0 spiro atoms. The Kier molecular flexibility index (Phi) is 12.6. The average Bonchev–Trinajstić information content (AvgIpc) is 4.02. The third kappa shape index (κ3) is 9.71. The zero-order valence-electron chi connectivity index (χ0n) is 47.5. The zero-order valence-corrected chi connectivity index (χ0v) is 47.5. The van der Waals surface area contributed by atoms with Crippen LogP contribution in [-0.2, 0) is 27.1 Å². The summed E-state index contributed by atoms with van der Waals surface area (Å²) in [6.07, 6.45) is 1.94. The Morgan fingerprint density at radius 1 is 0.364 bits per heavy atom. The van der Waals surface area contributed by atoms with E-state index in [0.717, 1.165) is 45.1 Å². The molecule has 388 valence electrons. The van der Waals surface area contributed by atoms with Crippen LogP contribution in [0.15, 0.2) is 200 Å². The van der Waals surface area contributed by atoms with Gasteiger partial charge < -0.3 is 14.5 Å². The molecule has 0 atom stereocenters. The van der Waals surface area contributed by atoms with Crippen molar-refractivity contribution in [2.75, 3.05) is 16.5 Å². The molecule has 10 aromatic rings. The minimum Gasteiger partial charge on any atom is -0.457 e. The van der Waals surface area contributed by atoms with E-state index in [2.05, 4.69) is 298 Å². The van der Waals surface area contributed by atoms with Crippen molar-refractivity contribution in [2.24, 2.45) is 0 Å². The quantitative estimate of drug-likeness (QED) is 0.137. The molecule has 0 aliphatic carbocycles. The van der Waals surface area contributed by atoms with E-state index in [1.54, 1.807) is 0 Å². The monoisotopic (exact) mass is 1010 g/mol. The first-order valence-electron chi connectivity index (χ1n) is 27.4. The van der Waals surface area contributed by atoms with Crippen LogP contribution in [0, 0.1) is 0 Å². The van der Waals surface area contributed by atoms with Crippen molar-refractivity contribution in [1.82, 2.24) is 9.55 Å². The van der Waals surface area contributed by atoms with Gasteiger partial charge in [0, 0.05) is 51.3 Å². The zero-order chi connectivity index (χ0) is 54.2. The third-order valence-electron chi connectivity index (χ3n) is 16.4. The van der Waals surface area contributed by atoms with Crippen LogP contribution in [0.25, 0.3) is 38.8 Å². The number of rotatable bonds is 10. The number of aromatic nitrogens is 2. The first-order chi connectivity index (χ1) is 36.5. The Morgan fingerprint density at radius 3 is 1.53 bits per heavy atom. The molecule has 0 saturated heterocycles. The maximum absolute atomic E-state index is 7.16. The Bertz CT molecular complexity index is 3740. The second kappa shape index (κ2) is 19.0. The van der Waals surface area contributed by atoms with Gasteiger partial charge in [0.15, 0.2) is 0 Å². The van der Waals surface area contributed by atoms with Crippen LogP contribution >= 0.6 is 0 Å². The lowest BCUT2D eigenvalue weighted by atomic mass is 9.73. The fraction of sp³-hybridized carbons (Fsp3) is 0.264. The van der Waals surface area contributed by atoms with E-state index in [0.29, 0.717) is 6.67 Å². The molecular weight excluding hydrogens is 937 g/mol. The average molecular weight is 1010 g/mol. The van der Waals surface area contributed by atoms with Gasteiger partial charge in [-0.05, 0) is 139 Å². The van der Waals surface area contributed by atoms with Gasteiger partial charge in [0.2, 0.25) is 0 Å². The molecule has 5 heteroatoms. The summed E-state index contributed by atoms with van der Waals surface area (Å²) in [5, 5.41) is 2.32. The first kappa shape index (κ1) is 51.2. The number of benzene rings is 8. The molecule has 0 radical (unpaired) electrons. The Labute approximate surface area is 457 Å². The number of ether oxygens (including phenoxy) is 1. The van der Waals surface area contributed by atoms with E-state index in [4.69, 9.17) is 9.72 Å². The fourth-order valence-corrected chi connectivity index (χ4v) is 11.2. The summed E-state index contributed by atoms with van der Waals surface area (Å²) in [7, 11) is 0. The van der Waals surface area contributed by atoms with E-state index in [1.807, 2.05) is 6.20 Å². The van der Waals surface area contributed by atoms with Crippen molar-refractivity contribution >= 4 is 44.6 Å². The lowest BCUT2D eigenvalue weighted by Gasteiger charge is -2.33. The van der Waals surface area contributed by atoms with Gasteiger partial charge in [0.25, 0.3) is 0 Å². The summed E-state index contributed by atoms with van der Waals surface area (Å²) in [5.74, 6) is 2.44. The Balaban J connectivity index is 1.05. The van der Waals surface area contributed by atoms with E-state index in [1.165, 1.54) is 66.8 Å². The van der Waals surface area contributed by atoms with Crippen LogP contribution in [0.1, 0.15) is 129 Å². The summed E-state index contributed by atoms with van der Waals surface area (Å²) in [6, 6.07) is 71.5. The minimum atomic E-state index is -0.267. The van der Waals surface area contributed by atoms with Crippen molar-refractivity contribution in [3.8, 4) is 28.4 Å². The molecule has 0 saturated carbocycles. The highest BCUT2D eigenvalue weighted by Crippen LogP contribution is 2.50. The Hall–Kier alpha value is -7.89. The van der Waals surface area contributed by atoms with Crippen LogP contribution in [-0.4, -0.2) is 16.2 Å². The standard InChI is InChI=1S/C72H74N4O/c1-68(2,3)52-30-34-64-66(43-52)75(57-40-55(71(10,11)50-25-19-15-20-26-50)38-56(41-57)72(12,13)51-27-21-16-22-28-51)47-74(64)58-39-54(70(7,8)9)42-60(45-58)77-59-31-32-61-62-37-49(48-23-17-14-18-24-48)29-33-63(62)76(65(61)46-59)67-44-53(35-36-73-67)69(4,5)6/h14-46H,47H2,1-13H3. The number of fused-ring (bicyclic) bond motifs is 4. The molecule has 1 aliphatic rings. The van der Waals surface area contributed by atoms with Crippen molar-refractivity contribution < 1.29 is 4.74 Å². The highest BCUT2D eigenvalue weighted by atomic mass is 16.5. The smallest absolute Gasteiger partial charge is 0.137 e. The van der Waals surface area contributed by atoms with E-state index in [-0.39, 0.29) is 27.1 Å². The van der Waals surface area contributed by atoms with Gasteiger partial charge in [0.1, 0.15) is 24.0 Å². The summed E-state index contributed by atoms with van der Waals surface area (Å²) in [6.45, 7) is 30.6. The topological polar surface area (TPSA) is 33.5 Å². The van der Waals surface area contributed by atoms with Crippen LogP contribution in [0.3, 0.4) is 0 Å². The molecule has 77 heavy (non-hydrogen) atoms. The molecule has 11 rings (SSSR count). The minimum absolute atomic E-state index is 0.0473. The van der Waals surface area contributed by atoms with Crippen LogP contribution in [0.2, 0.25) is 0 Å². The molecule has 3 heterocycles. The van der Waals surface area contributed by atoms with Gasteiger partial charge in [0.05, 0.1) is 22.4 Å². The second-order valence-electron chi connectivity index (χ2n) is 25.5. The molecule has 0 unspecified atom stereocenters. The number of pyridine rings is 1. The van der Waals surface area contributed by atoms with Crippen LogP contribution < -0.4 is 14.5 Å². The molecule has 2 aromatic heterocycles. The maximum atomic E-state index is 7.16. The normalized spacial score (nSPS) is 13.4. The van der Waals surface area contributed by atoms with Crippen molar-refractivity contribution in [3.05, 3.63) is 239 Å². The molecule has 0 amide bonds. The molecular formula is C72H74N4O. The molecule has 0 bridgehead atoms. The predicted molar refractivity (Wildman–Crippen MR) is 326 cm³/mol. The van der Waals surface area contributed by atoms with Gasteiger partial charge in [-0.25, -0.2) is 4.98 Å². The third-order valence-corrected chi connectivity index (χ3v) is 16.4. The maximum Gasteiger partial charge on any atom is 0.137 e. The van der Waals surface area contributed by atoms with Gasteiger partial charge in [-0.15, -0.1) is 0 Å². The van der Waals surface area contributed by atoms with Crippen molar-refractivity contribution in [1.29, 1.82) is 0 Å². The number of nitrogens with zero attached hydrogens (tertiary/aromatic N) is 4. The van der Waals surface area contributed by atoms with Crippen LogP contribution in [0.5, 0.6) is 11.5 Å². The SMILES string of the molecule is CC(C)(C)c1cc(Oc2ccc3c4cc(-c5ccccc5)ccc4n(-c4cc(C(C)(C)C)ccn4)c3c2)cc(N2CN(c3cc(C(C)(C)c4ccccc4)cc(C(C)(C)c4ccccc4)c3)c3cc(C(C)(C)C)ccc32)c1. The van der Waals surface area contributed by atoms with Gasteiger partial charge >= 0.3 is 0 Å². The molecule has 1 aliphatic heterocycles. The van der Waals surface area contributed by atoms with Crippen LogP contribution in [0.4, 0.5) is 22.7 Å². The predicted octanol–water partition coefficient (Wildman–Crippen LogP) is 19.4. The summed E-state index contributed by atoms with van der Waals surface area (Å²) < 4.78 is 9.47. The molecule has 5 nitrogen and oxygen atoms in total. The fourth-order valence-electron chi connectivity index (χ4n) is 11.2. The van der Waals surface area contributed by atoms with E-state index >= 15 is 0 Å². The van der Waals surface area contributed by atoms with Crippen molar-refractivity contribution in [2.45, 2.75) is 117 Å². The number of hydrogen-bond donors (Lipinski definition) is 0. The molecule has 8 aromatic carbocycles. The largest absolute Gasteiger partial charge is 0.457 e. The molecule has 0 fully saturated rings. The lowest BCUT2D eigenvalue weighted by molar-refractivity contribution is 0.479. The number of hydrogen-bond acceptors (Lipinski definition) is 4. The van der Waals surface area contributed by atoms with E-state index < -0.39 is 0 Å². The van der Waals surface area contributed by atoms with Gasteiger partial charge in [-0.3, -0.25) is 4.57 Å². The van der Waals surface area contributed by atoms with Gasteiger partial charge in [-0.2, -0.15) is 0 Å². The summed E-state index contributed by atoms with van der Waals surface area (Å²) >= 11 is 0. The Morgan fingerprint density at radius 2 is 0.922 bits per heavy atom. The summed E-state index contributed by atoms with van der Waals surface area (Å²) in [5.41, 5.74) is 17.2.